The number of carbonyl (C=O) groups excluding carboxylic acids is 1. The van der Waals surface area contributed by atoms with Crippen molar-refractivity contribution in [3.05, 3.63) is 108 Å². The number of aldehydes is 1. The fourth-order valence-corrected chi connectivity index (χ4v) is 4.59. The van der Waals surface area contributed by atoms with E-state index in [4.69, 9.17) is 4.74 Å². The quantitative estimate of drug-likeness (QED) is 0.0763. The smallest absolute Gasteiger partial charge is 0.142 e. The molecule has 0 unspecified atom stereocenters. The average molecular weight is 553 g/mol. The Morgan fingerprint density at radius 2 is 1.73 bits per heavy atom. The Bertz CT molecular complexity index is 1370. The van der Waals surface area contributed by atoms with Crippen molar-refractivity contribution in [2.75, 3.05) is 39.8 Å². The number of carbonyl (C=O) groups is 1. The molecule has 0 saturated carbocycles. The van der Waals surface area contributed by atoms with Gasteiger partial charge in [-0.15, -0.1) is 0 Å². The summed E-state index contributed by atoms with van der Waals surface area (Å²) in [6, 6.07) is 25.3. The summed E-state index contributed by atoms with van der Waals surface area (Å²) in [6.07, 6.45) is 8.09. The van der Waals surface area contributed by atoms with Gasteiger partial charge in [0.2, 0.25) is 0 Å². The number of aromatic amines is 1. The summed E-state index contributed by atoms with van der Waals surface area (Å²) in [5.41, 5.74) is 7.07. The number of nitrogens with zero attached hydrogens (tertiary/aromatic N) is 2. The lowest BCUT2D eigenvalue weighted by Crippen LogP contribution is -2.21. The number of ether oxygens (including phenoxy) is 1. The average Bonchev–Trinajstić information content (AvgIpc) is 3.49. The molecule has 0 radical (unpaired) electrons. The lowest BCUT2D eigenvalue weighted by molar-refractivity contribution is -0.104. The lowest BCUT2D eigenvalue weighted by atomic mass is 9.88. The van der Waals surface area contributed by atoms with Gasteiger partial charge in [-0.2, -0.15) is 5.10 Å². The van der Waals surface area contributed by atoms with Gasteiger partial charge < -0.3 is 15.0 Å². The normalized spacial score (nSPS) is 11.8. The first-order valence-corrected chi connectivity index (χ1v) is 14.6. The fraction of sp³-hybridized carbons (Fsp3) is 0.314. The molecule has 0 bridgehead atoms. The van der Waals surface area contributed by atoms with Crippen molar-refractivity contribution in [1.29, 1.82) is 0 Å². The number of hydrogen-bond acceptors (Lipinski definition) is 5. The van der Waals surface area contributed by atoms with Crippen LogP contribution in [-0.2, 0) is 4.79 Å². The van der Waals surface area contributed by atoms with E-state index in [9.17, 15) is 4.79 Å². The van der Waals surface area contributed by atoms with Gasteiger partial charge in [-0.1, -0.05) is 75.4 Å². The maximum absolute atomic E-state index is 10.3. The number of allylic oxidation sites excluding steroid dienone is 2. The van der Waals surface area contributed by atoms with Crippen LogP contribution in [0.25, 0.3) is 22.0 Å². The van der Waals surface area contributed by atoms with Crippen LogP contribution in [0.4, 0.5) is 0 Å². The number of aromatic nitrogens is 2. The molecule has 0 aliphatic heterocycles. The molecule has 216 valence electrons. The molecule has 6 heteroatoms. The minimum absolute atomic E-state index is 0.554. The number of nitrogens with one attached hydrogen (secondary N) is 2. The third kappa shape index (κ3) is 9.85. The van der Waals surface area contributed by atoms with Gasteiger partial charge in [0, 0.05) is 18.5 Å². The summed E-state index contributed by atoms with van der Waals surface area (Å²) < 4.78 is 5.89. The van der Waals surface area contributed by atoms with Gasteiger partial charge in [0.25, 0.3) is 0 Å². The van der Waals surface area contributed by atoms with E-state index in [0.717, 1.165) is 40.5 Å². The predicted molar refractivity (Wildman–Crippen MR) is 172 cm³/mol. The molecule has 41 heavy (non-hydrogen) atoms. The number of rotatable bonds is 14. The molecular weight excluding hydrogens is 508 g/mol. The van der Waals surface area contributed by atoms with Crippen LogP contribution < -0.4 is 10.1 Å². The monoisotopic (exact) mass is 552 g/mol. The Morgan fingerprint density at radius 1 is 0.976 bits per heavy atom. The summed E-state index contributed by atoms with van der Waals surface area (Å²) >= 11 is 0. The van der Waals surface area contributed by atoms with Crippen molar-refractivity contribution in [2.45, 2.75) is 33.6 Å². The van der Waals surface area contributed by atoms with Crippen LogP contribution in [0.2, 0.25) is 0 Å². The van der Waals surface area contributed by atoms with Crippen LogP contribution in [-0.4, -0.2) is 61.2 Å². The molecule has 0 fully saturated rings. The highest BCUT2D eigenvalue weighted by Gasteiger charge is 2.14. The Labute approximate surface area is 245 Å². The molecule has 0 atom stereocenters. The zero-order valence-electron chi connectivity index (χ0n) is 24.9. The number of benzene rings is 3. The molecule has 2 N–H and O–H groups in total. The maximum atomic E-state index is 10.3. The van der Waals surface area contributed by atoms with Gasteiger partial charge in [-0.3, -0.25) is 9.89 Å². The third-order valence-electron chi connectivity index (χ3n) is 6.82. The Kier molecular flexibility index (Phi) is 13.6. The van der Waals surface area contributed by atoms with E-state index in [1.165, 1.54) is 42.3 Å². The van der Waals surface area contributed by atoms with Crippen molar-refractivity contribution >= 4 is 28.3 Å². The molecule has 3 aromatic carbocycles. The molecule has 0 aliphatic rings. The molecule has 4 rings (SSSR count). The topological polar surface area (TPSA) is 70.2 Å². The molecule has 6 nitrogen and oxygen atoms in total. The molecule has 0 aliphatic carbocycles. The summed E-state index contributed by atoms with van der Waals surface area (Å²) in [5, 5.41) is 11.5. The summed E-state index contributed by atoms with van der Waals surface area (Å²) in [5.74, 6) is 0.830. The highest BCUT2D eigenvalue weighted by atomic mass is 16.5. The van der Waals surface area contributed by atoms with Crippen molar-refractivity contribution < 1.29 is 9.53 Å². The maximum Gasteiger partial charge on any atom is 0.142 e. The van der Waals surface area contributed by atoms with E-state index in [1.807, 2.05) is 24.4 Å². The van der Waals surface area contributed by atoms with E-state index in [1.54, 1.807) is 6.08 Å². The Balaban J connectivity index is 0.000000587. The van der Waals surface area contributed by atoms with E-state index < -0.39 is 0 Å². The number of fused-ring (bicyclic) bond motifs is 1. The molecule has 0 spiro atoms. The molecule has 4 aromatic rings. The highest BCUT2D eigenvalue weighted by molar-refractivity contribution is 6.00. The van der Waals surface area contributed by atoms with Gasteiger partial charge in [0.15, 0.2) is 0 Å². The van der Waals surface area contributed by atoms with E-state index >= 15 is 0 Å². The third-order valence-corrected chi connectivity index (χ3v) is 6.82. The van der Waals surface area contributed by atoms with Crippen LogP contribution >= 0.6 is 0 Å². The van der Waals surface area contributed by atoms with Gasteiger partial charge in [-0.25, -0.2) is 0 Å². The summed E-state index contributed by atoms with van der Waals surface area (Å²) in [6.45, 7) is 10.9. The second-order valence-electron chi connectivity index (χ2n) is 9.78. The first-order valence-electron chi connectivity index (χ1n) is 14.6. The summed E-state index contributed by atoms with van der Waals surface area (Å²) in [7, 11) is 2.14. The van der Waals surface area contributed by atoms with E-state index in [0.29, 0.717) is 19.7 Å². The summed E-state index contributed by atoms with van der Waals surface area (Å²) in [4.78, 5) is 12.6. The number of hydrogen-bond donors (Lipinski definition) is 2. The highest BCUT2D eigenvalue weighted by Crippen LogP contribution is 2.36. The molecule has 1 heterocycles. The Morgan fingerprint density at radius 3 is 2.39 bits per heavy atom. The second kappa shape index (κ2) is 17.6. The minimum atomic E-state index is 0.554. The second-order valence-corrected chi connectivity index (χ2v) is 9.78. The van der Waals surface area contributed by atoms with Gasteiger partial charge in [0.05, 0.1) is 11.7 Å². The zero-order chi connectivity index (χ0) is 29.3. The van der Waals surface area contributed by atoms with Crippen LogP contribution in [0.15, 0.2) is 91.1 Å². The van der Waals surface area contributed by atoms with E-state index in [-0.39, 0.29) is 0 Å². The van der Waals surface area contributed by atoms with Crippen molar-refractivity contribution in [3.63, 3.8) is 0 Å². The van der Waals surface area contributed by atoms with Gasteiger partial charge in [-0.05, 0) is 91.2 Å². The van der Waals surface area contributed by atoms with Crippen molar-refractivity contribution in [1.82, 2.24) is 20.4 Å². The van der Waals surface area contributed by atoms with Crippen LogP contribution in [0.5, 0.6) is 5.75 Å². The van der Waals surface area contributed by atoms with Gasteiger partial charge in [0.1, 0.15) is 18.6 Å². The lowest BCUT2D eigenvalue weighted by Gasteiger charge is -2.17. The van der Waals surface area contributed by atoms with Crippen LogP contribution in [0.3, 0.4) is 0 Å². The first-order chi connectivity index (χ1) is 20.1. The zero-order valence-corrected chi connectivity index (χ0v) is 24.9. The Hall–Kier alpha value is -4.00. The van der Waals surface area contributed by atoms with Crippen molar-refractivity contribution in [3.8, 4) is 5.75 Å². The fourth-order valence-electron chi connectivity index (χ4n) is 4.59. The number of H-pyrrole nitrogens is 1. The molecular formula is C35H44N4O2. The van der Waals surface area contributed by atoms with Crippen molar-refractivity contribution in [2.24, 2.45) is 0 Å². The molecule has 0 saturated heterocycles. The largest absolute Gasteiger partial charge is 0.492 e. The van der Waals surface area contributed by atoms with Gasteiger partial charge >= 0.3 is 0 Å². The molecule has 1 aromatic heterocycles. The minimum Gasteiger partial charge on any atom is -0.492 e. The standard InChI is InChI=1S/C29H29N3O2.C6H15N/c1-2-27(22-8-4-3-5-9-22)29(24-12-15-28-25(20-24)21-31-32-28)23-10-13-26(14-11-23)34-19-17-30-16-6-7-18-33;1-4-6-7(3)5-2/h3-15,18,20-21,30H,2,16-17,19H2,1H3,(H,31,32);4-6H2,1-3H3/b7-6+,29-27+;. The van der Waals surface area contributed by atoms with Crippen LogP contribution in [0.1, 0.15) is 50.3 Å². The predicted octanol–water partition coefficient (Wildman–Crippen LogP) is 7.00. The SMILES string of the molecule is CC/C(=C(/c1ccc(OCCNC/C=C/C=O)cc1)c1ccc2[nH]ncc2c1)c1ccccc1.CCCN(C)CC. The van der Waals surface area contributed by atoms with Crippen LogP contribution in [0, 0.1) is 0 Å². The van der Waals surface area contributed by atoms with E-state index in [2.05, 4.69) is 103 Å². The first kappa shape index (κ1) is 31.5. The molecule has 0 amide bonds.